The number of ether oxygens (including phenoxy) is 1. The van der Waals surface area contributed by atoms with Gasteiger partial charge >= 0.3 is 4.87 Å². The fourth-order valence-electron chi connectivity index (χ4n) is 3.37. The number of aromatic nitrogens is 1. The van der Waals surface area contributed by atoms with Crippen molar-refractivity contribution in [1.29, 1.82) is 0 Å². The third-order valence-electron chi connectivity index (χ3n) is 4.70. The summed E-state index contributed by atoms with van der Waals surface area (Å²) in [6.07, 6.45) is 0.328. The molecule has 1 amide bonds. The third-order valence-corrected chi connectivity index (χ3v) is 5.83. The maximum absolute atomic E-state index is 13.0. The van der Waals surface area contributed by atoms with Crippen LogP contribution in [0.4, 0.5) is 11.5 Å². The first-order valence-electron chi connectivity index (χ1n) is 8.32. The number of carbonyl (C=O) groups is 1. The van der Waals surface area contributed by atoms with Gasteiger partial charge in [0.05, 0.1) is 17.7 Å². The van der Waals surface area contributed by atoms with Crippen LogP contribution in [0.25, 0.3) is 0 Å². The van der Waals surface area contributed by atoms with E-state index in [4.69, 9.17) is 4.74 Å². The number of benzene rings is 2. The van der Waals surface area contributed by atoms with E-state index in [2.05, 4.69) is 0 Å². The summed E-state index contributed by atoms with van der Waals surface area (Å²) in [5, 5.41) is 0. The zero-order chi connectivity index (χ0) is 18.3. The van der Waals surface area contributed by atoms with Crippen LogP contribution in [0.3, 0.4) is 0 Å². The molecule has 0 unspecified atom stereocenters. The van der Waals surface area contributed by atoms with E-state index in [-0.39, 0.29) is 16.7 Å². The molecule has 2 heterocycles. The molecule has 0 bridgehead atoms. The van der Waals surface area contributed by atoms with Crippen molar-refractivity contribution in [3.8, 4) is 5.75 Å². The Balaban J connectivity index is 1.86. The number of para-hydroxylation sites is 1. The van der Waals surface area contributed by atoms with E-state index < -0.39 is 0 Å². The van der Waals surface area contributed by atoms with E-state index in [1.165, 1.54) is 11.3 Å². The number of amides is 1. The maximum atomic E-state index is 13.0. The summed E-state index contributed by atoms with van der Waals surface area (Å²) < 4.78 is 6.79. The lowest BCUT2D eigenvalue weighted by molar-refractivity contribution is -0.118. The quantitative estimate of drug-likeness (QED) is 0.711. The zero-order valence-corrected chi connectivity index (χ0v) is 15.3. The van der Waals surface area contributed by atoms with Gasteiger partial charge in [-0.3, -0.25) is 19.1 Å². The van der Waals surface area contributed by atoms with Gasteiger partial charge in [-0.1, -0.05) is 41.7 Å². The molecule has 6 heteroatoms. The van der Waals surface area contributed by atoms with Crippen LogP contribution in [0, 0.1) is 0 Å². The molecule has 0 spiro atoms. The lowest BCUT2D eigenvalue weighted by Gasteiger charge is -2.32. The standard InChI is InChI=1S/C20H18N2O3S/c1-21-19-18(26-20(21)24)16(13-8-10-15(25-2)11-9-13)12-17(23)22(19)14-6-4-3-5-7-14/h3-11,16H,12H2,1-2H3/t16-/m1/s1. The molecule has 1 atom stereocenters. The highest BCUT2D eigenvalue weighted by Gasteiger charge is 2.37. The molecular weight excluding hydrogens is 348 g/mol. The molecule has 26 heavy (non-hydrogen) atoms. The molecule has 4 rings (SSSR count). The number of fused-ring (bicyclic) bond motifs is 1. The van der Waals surface area contributed by atoms with E-state index in [0.717, 1.165) is 21.9 Å². The molecule has 0 saturated carbocycles. The Morgan fingerprint density at radius 1 is 1.04 bits per heavy atom. The monoisotopic (exact) mass is 366 g/mol. The minimum atomic E-state index is -0.123. The summed E-state index contributed by atoms with van der Waals surface area (Å²) in [6, 6.07) is 17.2. The fraction of sp³-hybridized carbons (Fsp3) is 0.200. The predicted octanol–water partition coefficient (Wildman–Crippen LogP) is 3.66. The molecular formula is C20H18N2O3S. The second kappa shape index (κ2) is 6.46. The van der Waals surface area contributed by atoms with Crippen LogP contribution in [0.2, 0.25) is 0 Å². The minimum Gasteiger partial charge on any atom is -0.497 e. The Bertz CT molecular complexity index is 1010. The molecule has 0 fully saturated rings. The van der Waals surface area contributed by atoms with Gasteiger partial charge in [0.15, 0.2) is 0 Å². The molecule has 2 aromatic carbocycles. The number of hydrogen-bond acceptors (Lipinski definition) is 4. The number of carbonyl (C=O) groups excluding carboxylic acids is 1. The number of nitrogens with zero attached hydrogens (tertiary/aromatic N) is 2. The highest BCUT2D eigenvalue weighted by Crippen LogP contribution is 2.44. The van der Waals surface area contributed by atoms with Gasteiger partial charge < -0.3 is 4.74 Å². The van der Waals surface area contributed by atoms with Gasteiger partial charge in [-0.2, -0.15) is 0 Å². The Hall–Kier alpha value is -2.86. The average molecular weight is 366 g/mol. The largest absolute Gasteiger partial charge is 0.497 e. The molecule has 1 aromatic heterocycles. The van der Waals surface area contributed by atoms with E-state index in [9.17, 15) is 9.59 Å². The first-order chi connectivity index (χ1) is 12.6. The van der Waals surface area contributed by atoms with E-state index in [1.807, 2.05) is 54.6 Å². The molecule has 5 nitrogen and oxygen atoms in total. The topological polar surface area (TPSA) is 51.5 Å². The lowest BCUT2D eigenvalue weighted by Crippen LogP contribution is -2.34. The first-order valence-corrected chi connectivity index (χ1v) is 9.13. The van der Waals surface area contributed by atoms with Crippen LogP contribution in [0.5, 0.6) is 5.75 Å². The normalized spacial score (nSPS) is 16.5. The number of hydrogen-bond donors (Lipinski definition) is 0. The number of methoxy groups -OCH3 is 1. The maximum Gasteiger partial charge on any atom is 0.308 e. The summed E-state index contributed by atoms with van der Waals surface area (Å²) >= 11 is 1.21. The van der Waals surface area contributed by atoms with Gasteiger partial charge in [0.25, 0.3) is 0 Å². The Labute approximate surface area is 155 Å². The smallest absolute Gasteiger partial charge is 0.308 e. The average Bonchev–Trinajstić information content (AvgIpc) is 2.97. The van der Waals surface area contributed by atoms with Gasteiger partial charge in [0.1, 0.15) is 11.6 Å². The van der Waals surface area contributed by atoms with Gasteiger partial charge in [0, 0.05) is 19.4 Å². The van der Waals surface area contributed by atoms with Crippen molar-refractivity contribution >= 4 is 28.7 Å². The van der Waals surface area contributed by atoms with Crippen LogP contribution in [-0.2, 0) is 11.8 Å². The molecule has 132 valence electrons. The van der Waals surface area contributed by atoms with Crippen molar-refractivity contribution in [2.75, 3.05) is 12.0 Å². The molecule has 0 aliphatic carbocycles. The van der Waals surface area contributed by atoms with Crippen molar-refractivity contribution in [1.82, 2.24) is 4.57 Å². The summed E-state index contributed by atoms with van der Waals surface area (Å²) in [7, 11) is 3.34. The minimum absolute atomic E-state index is 0.0158. The molecule has 0 saturated heterocycles. The molecule has 0 N–H and O–H groups in total. The second-order valence-corrected chi connectivity index (χ2v) is 7.20. The Kier molecular flexibility index (Phi) is 4.12. The van der Waals surface area contributed by atoms with E-state index >= 15 is 0 Å². The van der Waals surface area contributed by atoms with Crippen LogP contribution < -0.4 is 14.5 Å². The first kappa shape index (κ1) is 16.6. The second-order valence-electron chi connectivity index (χ2n) is 6.21. The summed E-state index contributed by atoms with van der Waals surface area (Å²) in [6.45, 7) is 0. The Morgan fingerprint density at radius 3 is 2.38 bits per heavy atom. The van der Waals surface area contributed by atoms with Crippen molar-refractivity contribution in [2.24, 2.45) is 7.05 Å². The van der Waals surface area contributed by atoms with Crippen molar-refractivity contribution in [3.05, 3.63) is 74.7 Å². The van der Waals surface area contributed by atoms with Gasteiger partial charge in [0.2, 0.25) is 5.91 Å². The molecule has 3 aromatic rings. The number of thiazole rings is 1. The molecule has 0 radical (unpaired) electrons. The van der Waals surface area contributed by atoms with Crippen molar-refractivity contribution in [3.63, 3.8) is 0 Å². The van der Waals surface area contributed by atoms with Crippen LogP contribution in [0.15, 0.2) is 59.4 Å². The summed E-state index contributed by atoms with van der Waals surface area (Å²) in [5.74, 6) is 1.30. The highest BCUT2D eigenvalue weighted by atomic mass is 32.1. The van der Waals surface area contributed by atoms with Crippen molar-refractivity contribution in [2.45, 2.75) is 12.3 Å². The number of anilines is 2. The molecule has 1 aliphatic heterocycles. The van der Waals surface area contributed by atoms with Crippen LogP contribution >= 0.6 is 11.3 Å². The Morgan fingerprint density at radius 2 is 1.73 bits per heavy atom. The summed E-state index contributed by atoms with van der Waals surface area (Å²) in [4.78, 5) is 27.9. The highest BCUT2D eigenvalue weighted by molar-refractivity contribution is 7.10. The third kappa shape index (κ3) is 2.63. The van der Waals surface area contributed by atoms with Gasteiger partial charge in [-0.05, 0) is 29.8 Å². The van der Waals surface area contributed by atoms with E-state index in [0.29, 0.717) is 12.2 Å². The number of rotatable bonds is 3. The van der Waals surface area contributed by atoms with Gasteiger partial charge in [-0.15, -0.1) is 0 Å². The fourth-order valence-corrected chi connectivity index (χ4v) is 4.47. The summed E-state index contributed by atoms with van der Waals surface area (Å²) in [5.41, 5.74) is 1.79. The lowest BCUT2D eigenvalue weighted by atomic mass is 9.90. The zero-order valence-electron chi connectivity index (χ0n) is 14.5. The predicted molar refractivity (Wildman–Crippen MR) is 103 cm³/mol. The van der Waals surface area contributed by atoms with Crippen molar-refractivity contribution < 1.29 is 9.53 Å². The van der Waals surface area contributed by atoms with Crippen LogP contribution in [0.1, 0.15) is 22.8 Å². The molecule has 1 aliphatic rings. The SMILES string of the molecule is COc1ccc([C@H]2CC(=O)N(c3ccccc3)c3c2sc(=O)n3C)cc1. The van der Waals surface area contributed by atoms with E-state index in [1.54, 1.807) is 23.6 Å². The van der Waals surface area contributed by atoms with Crippen LogP contribution in [-0.4, -0.2) is 17.6 Å². The van der Waals surface area contributed by atoms with Gasteiger partial charge in [-0.25, -0.2) is 0 Å².